The average Bonchev–Trinajstić information content (AvgIpc) is 3.14. The van der Waals surface area contributed by atoms with Crippen molar-refractivity contribution < 1.29 is 19.7 Å². The predicted octanol–water partition coefficient (Wildman–Crippen LogP) is 5.63. The number of aromatic amines is 1. The lowest BCUT2D eigenvalue weighted by Gasteiger charge is -2.14. The molecule has 0 aliphatic carbocycles. The summed E-state index contributed by atoms with van der Waals surface area (Å²) >= 11 is 0. The van der Waals surface area contributed by atoms with Gasteiger partial charge in [0.1, 0.15) is 17.1 Å². The van der Waals surface area contributed by atoms with Gasteiger partial charge in [-0.05, 0) is 35.7 Å². The number of methoxy groups -OCH3 is 1. The van der Waals surface area contributed by atoms with Gasteiger partial charge >= 0.3 is 5.97 Å². The van der Waals surface area contributed by atoms with Crippen molar-refractivity contribution in [2.24, 2.45) is 0 Å². The smallest absolute Gasteiger partial charge is 0.339 e. The Balaban J connectivity index is 1.75. The van der Waals surface area contributed by atoms with Gasteiger partial charge in [0.25, 0.3) is 0 Å². The molecule has 0 unspecified atom stereocenters. The highest BCUT2D eigenvalue weighted by Crippen LogP contribution is 2.41. The molecule has 0 saturated carbocycles. The number of H-pyrrole nitrogens is 1. The Labute approximate surface area is 171 Å². The summed E-state index contributed by atoms with van der Waals surface area (Å²) in [6, 6.07) is 20.4. The summed E-state index contributed by atoms with van der Waals surface area (Å²) in [5, 5.41) is 27.3. The number of carbonyl (C=O) groups is 1. The standard InChI is InChI=1S/C24H18N2O4/c1-30-20-11-8-14(12-17(20)24(28)29)25-23-19(27)10-7-13-6-9-16-15-4-2-3-5-18(15)26-22(16)21(13)23/h2-12,25-27H,1H3,(H,28,29). The van der Waals surface area contributed by atoms with Crippen LogP contribution in [0, 0.1) is 0 Å². The number of benzene rings is 4. The third-order valence-corrected chi connectivity index (χ3v) is 5.34. The zero-order valence-corrected chi connectivity index (χ0v) is 16.1. The molecule has 6 heteroatoms. The number of fused-ring (bicyclic) bond motifs is 5. The van der Waals surface area contributed by atoms with Crippen molar-refractivity contribution in [3.63, 3.8) is 0 Å². The van der Waals surface area contributed by atoms with Crippen molar-refractivity contribution >= 4 is 49.9 Å². The van der Waals surface area contributed by atoms with Gasteiger partial charge in [-0.15, -0.1) is 0 Å². The molecule has 5 aromatic rings. The number of aromatic carboxylic acids is 1. The van der Waals surface area contributed by atoms with Crippen molar-refractivity contribution in [2.75, 3.05) is 12.4 Å². The van der Waals surface area contributed by atoms with Crippen LogP contribution in [-0.2, 0) is 0 Å². The van der Waals surface area contributed by atoms with Crippen LogP contribution < -0.4 is 10.1 Å². The van der Waals surface area contributed by atoms with E-state index >= 15 is 0 Å². The second kappa shape index (κ2) is 6.70. The Morgan fingerprint density at radius 1 is 1.00 bits per heavy atom. The molecule has 148 valence electrons. The number of ether oxygens (including phenoxy) is 1. The molecule has 0 radical (unpaired) electrons. The number of phenols is 1. The van der Waals surface area contributed by atoms with Crippen molar-refractivity contribution in [1.82, 2.24) is 4.98 Å². The number of aromatic hydroxyl groups is 1. The van der Waals surface area contributed by atoms with Gasteiger partial charge in [0, 0.05) is 27.4 Å². The van der Waals surface area contributed by atoms with E-state index in [4.69, 9.17) is 4.74 Å². The van der Waals surface area contributed by atoms with E-state index in [2.05, 4.69) is 22.4 Å². The molecule has 0 atom stereocenters. The number of phenolic OH excluding ortho intramolecular Hbond substituents is 1. The van der Waals surface area contributed by atoms with E-state index in [9.17, 15) is 15.0 Å². The molecule has 6 nitrogen and oxygen atoms in total. The van der Waals surface area contributed by atoms with E-state index in [1.807, 2.05) is 30.3 Å². The number of nitrogens with one attached hydrogen (secondary N) is 2. The number of hydrogen-bond acceptors (Lipinski definition) is 4. The quantitative estimate of drug-likeness (QED) is 0.294. The van der Waals surface area contributed by atoms with Crippen molar-refractivity contribution in [2.45, 2.75) is 0 Å². The summed E-state index contributed by atoms with van der Waals surface area (Å²) < 4.78 is 5.13. The largest absolute Gasteiger partial charge is 0.506 e. The summed E-state index contributed by atoms with van der Waals surface area (Å²) in [5.74, 6) is -0.745. The van der Waals surface area contributed by atoms with Gasteiger partial charge in [0.05, 0.1) is 18.3 Å². The lowest BCUT2D eigenvalue weighted by molar-refractivity contribution is 0.0693. The van der Waals surface area contributed by atoms with Crippen molar-refractivity contribution in [1.29, 1.82) is 0 Å². The summed E-state index contributed by atoms with van der Waals surface area (Å²) in [5.41, 5.74) is 2.99. The van der Waals surface area contributed by atoms with Crippen molar-refractivity contribution in [3.05, 3.63) is 72.3 Å². The Bertz CT molecular complexity index is 1450. The first kappa shape index (κ1) is 17.9. The van der Waals surface area contributed by atoms with E-state index in [-0.39, 0.29) is 17.1 Å². The maximum Gasteiger partial charge on any atom is 0.339 e. The predicted molar refractivity (Wildman–Crippen MR) is 118 cm³/mol. The Hall–Kier alpha value is -4.19. The maximum absolute atomic E-state index is 11.6. The van der Waals surface area contributed by atoms with Crippen LogP contribution in [0.2, 0.25) is 0 Å². The third-order valence-electron chi connectivity index (χ3n) is 5.34. The van der Waals surface area contributed by atoms with Gasteiger partial charge in [0.15, 0.2) is 0 Å². The van der Waals surface area contributed by atoms with Gasteiger partial charge in [-0.3, -0.25) is 0 Å². The molecule has 0 aliphatic rings. The lowest BCUT2D eigenvalue weighted by atomic mass is 10.0. The molecular weight excluding hydrogens is 380 g/mol. The molecule has 4 N–H and O–H groups in total. The van der Waals surface area contributed by atoms with Crippen LogP contribution in [0.25, 0.3) is 32.6 Å². The van der Waals surface area contributed by atoms with Crippen LogP contribution in [0.5, 0.6) is 11.5 Å². The summed E-state index contributed by atoms with van der Waals surface area (Å²) in [6.45, 7) is 0. The van der Waals surface area contributed by atoms with Crippen LogP contribution in [0.4, 0.5) is 11.4 Å². The second-order valence-electron chi connectivity index (χ2n) is 7.06. The monoisotopic (exact) mass is 398 g/mol. The van der Waals surface area contributed by atoms with E-state index in [1.165, 1.54) is 13.2 Å². The summed E-state index contributed by atoms with van der Waals surface area (Å²) in [6.07, 6.45) is 0. The molecule has 0 bridgehead atoms. The van der Waals surface area contributed by atoms with Crippen LogP contribution in [-0.4, -0.2) is 28.3 Å². The van der Waals surface area contributed by atoms with Crippen LogP contribution in [0.15, 0.2) is 66.7 Å². The second-order valence-corrected chi connectivity index (χ2v) is 7.06. The summed E-state index contributed by atoms with van der Waals surface area (Å²) in [7, 11) is 1.43. The molecule has 1 aromatic heterocycles. The van der Waals surface area contributed by atoms with E-state index in [1.54, 1.807) is 18.2 Å². The Morgan fingerprint density at radius 2 is 1.80 bits per heavy atom. The zero-order valence-electron chi connectivity index (χ0n) is 16.1. The van der Waals surface area contributed by atoms with Gasteiger partial charge in [0.2, 0.25) is 0 Å². The Morgan fingerprint density at radius 3 is 2.60 bits per heavy atom. The molecule has 4 aromatic carbocycles. The number of rotatable bonds is 4. The fourth-order valence-corrected chi connectivity index (χ4v) is 3.95. The average molecular weight is 398 g/mol. The highest BCUT2D eigenvalue weighted by molar-refractivity contribution is 6.21. The minimum absolute atomic E-state index is 0.0398. The number of para-hydroxylation sites is 1. The van der Waals surface area contributed by atoms with E-state index < -0.39 is 5.97 Å². The topological polar surface area (TPSA) is 94.6 Å². The molecule has 1 heterocycles. The molecule has 0 spiro atoms. The number of aromatic nitrogens is 1. The minimum atomic E-state index is -1.09. The number of anilines is 2. The molecule has 0 amide bonds. The SMILES string of the molecule is COc1ccc(Nc2c(O)ccc3ccc4c5ccccc5[nH]c4c23)cc1C(=O)O. The molecule has 0 fully saturated rings. The van der Waals surface area contributed by atoms with Gasteiger partial charge in [-0.1, -0.05) is 36.4 Å². The van der Waals surface area contributed by atoms with Crippen LogP contribution in [0.3, 0.4) is 0 Å². The first-order valence-corrected chi connectivity index (χ1v) is 9.40. The molecule has 0 saturated heterocycles. The van der Waals surface area contributed by atoms with Gasteiger partial charge in [-0.25, -0.2) is 4.79 Å². The molecule has 5 rings (SSSR count). The highest BCUT2D eigenvalue weighted by atomic mass is 16.5. The summed E-state index contributed by atoms with van der Waals surface area (Å²) in [4.78, 5) is 15.0. The lowest BCUT2D eigenvalue weighted by Crippen LogP contribution is -2.02. The third kappa shape index (κ3) is 2.69. The normalized spacial score (nSPS) is 11.2. The Kier molecular flexibility index (Phi) is 3.99. The van der Waals surface area contributed by atoms with Crippen LogP contribution >= 0.6 is 0 Å². The zero-order chi connectivity index (χ0) is 20.8. The fraction of sp³-hybridized carbons (Fsp3) is 0.0417. The van der Waals surface area contributed by atoms with E-state index in [0.29, 0.717) is 11.4 Å². The maximum atomic E-state index is 11.6. The first-order valence-electron chi connectivity index (χ1n) is 9.40. The fourth-order valence-electron chi connectivity index (χ4n) is 3.95. The molecular formula is C24H18N2O4. The van der Waals surface area contributed by atoms with Crippen LogP contribution in [0.1, 0.15) is 10.4 Å². The van der Waals surface area contributed by atoms with E-state index in [0.717, 1.165) is 32.6 Å². The van der Waals surface area contributed by atoms with Gasteiger partial charge in [-0.2, -0.15) is 0 Å². The minimum Gasteiger partial charge on any atom is -0.506 e. The van der Waals surface area contributed by atoms with Gasteiger partial charge < -0.3 is 25.3 Å². The number of carboxylic acid groups (broad SMARTS) is 1. The molecule has 30 heavy (non-hydrogen) atoms. The number of carboxylic acids is 1. The van der Waals surface area contributed by atoms with Crippen molar-refractivity contribution in [3.8, 4) is 11.5 Å². The highest BCUT2D eigenvalue weighted by Gasteiger charge is 2.16. The molecule has 0 aliphatic heterocycles. The number of hydrogen-bond donors (Lipinski definition) is 4. The first-order chi connectivity index (χ1) is 14.6.